The molecule has 88 valence electrons. The van der Waals surface area contributed by atoms with Gasteiger partial charge in [0.05, 0.1) is 0 Å². The van der Waals surface area contributed by atoms with E-state index in [2.05, 4.69) is 5.32 Å². The Kier molecular flexibility index (Phi) is 4.99. The molecule has 1 aromatic carbocycles. The molecular formula is C13H19NO2. The van der Waals surface area contributed by atoms with Crippen LogP contribution in [0.4, 0.5) is 0 Å². The maximum atomic E-state index is 11.8. The summed E-state index contributed by atoms with van der Waals surface area (Å²) >= 11 is 0. The Morgan fingerprint density at radius 1 is 1.38 bits per heavy atom. The van der Waals surface area contributed by atoms with E-state index in [9.17, 15) is 4.79 Å². The van der Waals surface area contributed by atoms with Crippen LogP contribution in [-0.2, 0) is 0 Å². The Labute approximate surface area is 96.5 Å². The minimum Gasteiger partial charge on any atom is -0.396 e. The molecule has 3 nitrogen and oxygen atoms in total. The van der Waals surface area contributed by atoms with Gasteiger partial charge in [-0.2, -0.15) is 0 Å². The maximum absolute atomic E-state index is 11.8. The second-order valence-electron chi connectivity index (χ2n) is 3.96. The first-order chi connectivity index (χ1) is 7.67. The molecule has 0 aromatic heterocycles. The number of amides is 1. The topological polar surface area (TPSA) is 49.3 Å². The Balaban J connectivity index is 2.60. The lowest BCUT2D eigenvalue weighted by molar-refractivity contribution is 0.0929. The molecule has 1 amide bonds. The van der Waals surface area contributed by atoms with E-state index in [4.69, 9.17) is 5.11 Å². The van der Waals surface area contributed by atoms with Crippen LogP contribution in [0.25, 0.3) is 0 Å². The van der Waals surface area contributed by atoms with Crippen LogP contribution in [0.1, 0.15) is 35.7 Å². The fourth-order valence-electron chi connectivity index (χ4n) is 1.51. The summed E-state index contributed by atoms with van der Waals surface area (Å²) in [6.45, 7) is 4.09. The van der Waals surface area contributed by atoms with E-state index in [1.54, 1.807) is 0 Å². The van der Waals surface area contributed by atoms with Crippen LogP contribution in [0.15, 0.2) is 24.3 Å². The van der Waals surface area contributed by atoms with Crippen molar-refractivity contribution in [2.75, 3.05) is 6.61 Å². The van der Waals surface area contributed by atoms with Gasteiger partial charge in [0, 0.05) is 18.2 Å². The molecule has 0 saturated heterocycles. The number of carbonyl (C=O) groups is 1. The Morgan fingerprint density at radius 3 is 2.50 bits per heavy atom. The number of aliphatic hydroxyl groups excluding tert-OH is 1. The molecule has 0 saturated carbocycles. The lowest BCUT2D eigenvalue weighted by Gasteiger charge is -2.15. The predicted molar refractivity (Wildman–Crippen MR) is 64.4 cm³/mol. The summed E-state index contributed by atoms with van der Waals surface area (Å²) in [4.78, 5) is 11.8. The SMILES string of the molecule is CCC(CCO)NC(=O)c1ccc(C)cc1. The van der Waals surface area contributed by atoms with E-state index in [0.29, 0.717) is 12.0 Å². The van der Waals surface area contributed by atoms with Gasteiger partial charge in [-0.25, -0.2) is 0 Å². The molecule has 0 fully saturated rings. The second kappa shape index (κ2) is 6.28. The lowest BCUT2D eigenvalue weighted by atomic mass is 10.1. The van der Waals surface area contributed by atoms with Crippen molar-refractivity contribution in [3.63, 3.8) is 0 Å². The molecule has 2 N–H and O–H groups in total. The van der Waals surface area contributed by atoms with Gasteiger partial charge in [0.1, 0.15) is 0 Å². The number of carbonyl (C=O) groups excluding carboxylic acids is 1. The summed E-state index contributed by atoms with van der Waals surface area (Å²) in [6, 6.07) is 7.52. The van der Waals surface area contributed by atoms with E-state index < -0.39 is 0 Å². The summed E-state index contributed by atoms with van der Waals surface area (Å²) in [5, 5.41) is 11.7. The second-order valence-corrected chi connectivity index (χ2v) is 3.96. The van der Waals surface area contributed by atoms with Gasteiger partial charge in [-0.05, 0) is 31.9 Å². The van der Waals surface area contributed by atoms with Gasteiger partial charge in [-0.15, -0.1) is 0 Å². The zero-order valence-corrected chi connectivity index (χ0v) is 9.86. The van der Waals surface area contributed by atoms with Crippen molar-refractivity contribution >= 4 is 5.91 Å². The van der Waals surface area contributed by atoms with Crippen LogP contribution in [0.3, 0.4) is 0 Å². The smallest absolute Gasteiger partial charge is 0.251 e. The third-order valence-corrected chi connectivity index (χ3v) is 2.62. The fraction of sp³-hybridized carbons (Fsp3) is 0.462. The van der Waals surface area contributed by atoms with Crippen molar-refractivity contribution in [3.8, 4) is 0 Å². The zero-order chi connectivity index (χ0) is 12.0. The standard InChI is InChI=1S/C13H19NO2/c1-3-12(8-9-15)14-13(16)11-6-4-10(2)5-7-11/h4-7,12,15H,3,8-9H2,1-2H3,(H,14,16). The molecule has 16 heavy (non-hydrogen) atoms. The highest BCUT2D eigenvalue weighted by atomic mass is 16.3. The summed E-state index contributed by atoms with van der Waals surface area (Å²) in [5.74, 6) is -0.0692. The molecule has 1 atom stereocenters. The van der Waals surface area contributed by atoms with E-state index >= 15 is 0 Å². The quantitative estimate of drug-likeness (QED) is 0.797. The normalized spacial score (nSPS) is 12.2. The minimum absolute atomic E-state index is 0.0544. The zero-order valence-electron chi connectivity index (χ0n) is 9.86. The first-order valence-corrected chi connectivity index (χ1v) is 5.65. The molecule has 0 spiro atoms. The number of aliphatic hydroxyl groups is 1. The molecule has 3 heteroatoms. The third-order valence-electron chi connectivity index (χ3n) is 2.62. The van der Waals surface area contributed by atoms with Crippen molar-refractivity contribution in [1.82, 2.24) is 5.32 Å². The first kappa shape index (κ1) is 12.7. The number of nitrogens with one attached hydrogen (secondary N) is 1. The van der Waals surface area contributed by atoms with Gasteiger partial charge in [-0.1, -0.05) is 24.6 Å². The van der Waals surface area contributed by atoms with Crippen LogP contribution in [0, 0.1) is 6.92 Å². The van der Waals surface area contributed by atoms with Crippen LogP contribution < -0.4 is 5.32 Å². The van der Waals surface area contributed by atoms with Gasteiger partial charge < -0.3 is 10.4 Å². The van der Waals surface area contributed by atoms with E-state index in [-0.39, 0.29) is 18.6 Å². The number of hydrogen-bond acceptors (Lipinski definition) is 2. The van der Waals surface area contributed by atoms with Gasteiger partial charge >= 0.3 is 0 Å². The average molecular weight is 221 g/mol. The molecule has 0 aliphatic heterocycles. The fourth-order valence-corrected chi connectivity index (χ4v) is 1.51. The maximum Gasteiger partial charge on any atom is 0.251 e. The Morgan fingerprint density at radius 2 is 2.00 bits per heavy atom. The van der Waals surface area contributed by atoms with Crippen LogP contribution in [0.5, 0.6) is 0 Å². The van der Waals surface area contributed by atoms with Crippen LogP contribution in [-0.4, -0.2) is 23.7 Å². The molecule has 0 radical (unpaired) electrons. The number of hydrogen-bond donors (Lipinski definition) is 2. The van der Waals surface area contributed by atoms with E-state index in [1.807, 2.05) is 38.1 Å². The highest BCUT2D eigenvalue weighted by molar-refractivity contribution is 5.94. The van der Waals surface area contributed by atoms with Crippen molar-refractivity contribution in [1.29, 1.82) is 0 Å². The molecule has 1 aromatic rings. The van der Waals surface area contributed by atoms with Gasteiger partial charge in [-0.3, -0.25) is 4.79 Å². The van der Waals surface area contributed by atoms with Crippen LogP contribution >= 0.6 is 0 Å². The molecule has 0 heterocycles. The van der Waals surface area contributed by atoms with Crippen LogP contribution in [0.2, 0.25) is 0 Å². The largest absolute Gasteiger partial charge is 0.396 e. The Bertz CT molecular complexity index is 332. The average Bonchev–Trinajstić information content (AvgIpc) is 2.29. The first-order valence-electron chi connectivity index (χ1n) is 5.65. The van der Waals surface area contributed by atoms with E-state index in [0.717, 1.165) is 12.0 Å². The summed E-state index contributed by atoms with van der Waals surface area (Å²) in [6.07, 6.45) is 1.44. The van der Waals surface area contributed by atoms with Gasteiger partial charge in [0.2, 0.25) is 0 Å². The minimum atomic E-state index is -0.0692. The predicted octanol–water partition coefficient (Wildman–Crippen LogP) is 1.89. The van der Waals surface area contributed by atoms with Gasteiger partial charge in [0.25, 0.3) is 5.91 Å². The van der Waals surface area contributed by atoms with E-state index in [1.165, 1.54) is 0 Å². The Hall–Kier alpha value is -1.35. The van der Waals surface area contributed by atoms with Gasteiger partial charge in [0.15, 0.2) is 0 Å². The number of rotatable bonds is 5. The lowest BCUT2D eigenvalue weighted by Crippen LogP contribution is -2.35. The monoisotopic (exact) mass is 221 g/mol. The summed E-state index contributed by atoms with van der Waals surface area (Å²) < 4.78 is 0. The van der Waals surface area contributed by atoms with Crippen molar-refractivity contribution in [2.24, 2.45) is 0 Å². The molecule has 0 bridgehead atoms. The molecule has 1 rings (SSSR count). The summed E-state index contributed by atoms with van der Waals surface area (Å²) in [7, 11) is 0. The molecule has 1 unspecified atom stereocenters. The van der Waals surface area contributed by atoms with Crippen molar-refractivity contribution < 1.29 is 9.90 Å². The number of benzene rings is 1. The highest BCUT2D eigenvalue weighted by Crippen LogP contribution is 2.05. The molecule has 0 aliphatic carbocycles. The summed E-state index contributed by atoms with van der Waals surface area (Å²) in [5.41, 5.74) is 1.81. The molecule has 0 aliphatic rings. The highest BCUT2D eigenvalue weighted by Gasteiger charge is 2.11. The third kappa shape index (κ3) is 3.66. The number of aryl methyl sites for hydroxylation is 1. The van der Waals surface area contributed by atoms with Crippen molar-refractivity contribution in [2.45, 2.75) is 32.7 Å². The molecular weight excluding hydrogens is 202 g/mol. The van der Waals surface area contributed by atoms with Crippen molar-refractivity contribution in [3.05, 3.63) is 35.4 Å².